The van der Waals surface area contributed by atoms with Crippen molar-refractivity contribution in [3.63, 3.8) is 0 Å². The summed E-state index contributed by atoms with van der Waals surface area (Å²) in [6.45, 7) is 3.57. The van der Waals surface area contributed by atoms with Gasteiger partial charge in [-0.3, -0.25) is 0 Å². The Kier molecular flexibility index (Phi) is 4.29. The monoisotopic (exact) mass is 273 g/mol. The van der Waals surface area contributed by atoms with E-state index in [9.17, 15) is 8.42 Å². The molecule has 6 heteroatoms. The molecule has 0 bridgehead atoms. The molecule has 0 aromatic carbocycles. The maximum atomic E-state index is 11.3. The highest BCUT2D eigenvalue weighted by atomic mass is 32.2. The normalized spacial score (nSPS) is 27.1. The summed E-state index contributed by atoms with van der Waals surface area (Å²) in [6.07, 6.45) is 5.38. The van der Waals surface area contributed by atoms with Crippen LogP contribution in [0.5, 0.6) is 0 Å². The van der Waals surface area contributed by atoms with Gasteiger partial charge in [-0.15, -0.1) is 0 Å². The van der Waals surface area contributed by atoms with Crippen molar-refractivity contribution in [1.82, 2.24) is 10.2 Å². The van der Waals surface area contributed by atoms with E-state index in [-0.39, 0.29) is 6.04 Å². The number of nitrogens with one attached hydrogen (secondary N) is 1. The second kappa shape index (κ2) is 5.59. The Balaban J connectivity index is 1.88. The third-order valence-electron chi connectivity index (χ3n) is 3.72. The predicted molar refractivity (Wildman–Crippen MR) is 72.9 cm³/mol. The van der Waals surface area contributed by atoms with Gasteiger partial charge in [0, 0.05) is 38.1 Å². The SMILES string of the molecule is CS(=O)(=O)CC1CCN(C2=CCNCC2N)CC1. The maximum absolute atomic E-state index is 11.3. The molecule has 18 heavy (non-hydrogen) atoms. The average molecular weight is 273 g/mol. The summed E-state index contributed by atoms with van der Waals surface area (Å²) in [7, 11) is -2.84. The highest BCUT2D eigenvalue weighted by Gasteiger charge is 2.26. The van der Waals surface area contributed by atoms with Gasteiger partial charge in [0.2, 0.25) is 0 Å². The molecule has 1 unspecified atom stereocenters. The first-order chi connectivity index (χ1) is 8.46. The van der Waals surface area contributed by atoms with Crippen molar-refractivity contribution in [2.75, 3.05) is 38.2 Å². The van der Waals surface area contributed by atoms with Gasteiger partial charge in [-0.05, 0) is 24.8 Å². The van der Waals surface area contributed by atoms with Crippen LogP contribution in [-0.2, 0) is 9.84 Å². The first-order valence-electron chi connectivity index (χ1n) is 6.55. The summed E-state index contributed by atoms with van der Waals surface area (Å²) >= 11 is 0. The molecule has 2 rings (SSSR count). The van der Waals surface area contributed by atoms with Crippen molar-refractivity contribution in [3.05, 3.63) is 11.8 Å². The number of hydrogen-bond acceptors (Lipinski definition) is 5. The molecule has 5 nitrogen and oxygen atoms in total. The number of sulfone groups is 1. The van der Waals surface area contributed by atoms with Gasteiger partial charge in [-0.2, -0.15) is 0 Å². The van der Waals surface area contributed by atoms with E-state index >= 15 is 0 Å². The topological polar surface area (TPSA) is 75.4 Å². The standard InChI is InChI=1S/C12H23N3O2S/c1-18(16,17)9-10-3-6-15(7-4-10)12-2-5-14-8-11(12)13/h2,10-11,14H,3-9,13H2,1H3. The molecule has 104 valence electrons. The van der Waals surface area contributed by atoms with E-state index in [4.69, 9.17) is 5.73 Å². The Bertz CT molecular complexity index is 411. The highest BCUT2D eigenvalue weighted by Crippen LogP contribution is 2.23. The van der Waals surface area contributed by atoms with Crippen LogP contribution in [0, 0.1) is 5.92 Å². The second-order valence-corrected chi connectivity index (χ2v) is 7.60. The fraction of sp³-hybridized carbons (Fsp3) is 0.833. The number of hydrogen-bond donors (Lipinski definition) is 2. The van der Waals surface area contributed by atoms with Gasteiger partial charge in [0.15, 0.2) is 0 Å². The summed E-state index contributed by atoms with van der Waals surface area (Å²) in [5.41, 5.74) is 7.31. The lowest BCUT2D eigenvalue weighted by atomic mass is 9.97. The zero-order valence-electron chi connectivity index (χ0n) is 10.9. The fourth-order valence-electron chi connectivity index (χ4n) is 2.82. The quantitative estimate of drug-likeness (QED) is 0.729. The molecule has 1 atom stereocenters. The van der Waals surface area contributed by atoms with Gasteiger partial charge in [0.1, 0.15) is 9.84 Å². The van der Waals surface area contributed by atoms with Crippen molar-refractivity contribution in [3.8, 4) is 0 Å². The minimum absolute atomic E-state index is 0.0743. The van der Waals surface area contributed by atoms with Crippen LogP contribution >= 0.6 is 0 Å². The molecule has 1 fully saturated rings. The predicted octanol–water partition coefficient (Wildman–Crippen LogP) is -0.443. The number of likely N-dealkylation sites (tertiary alicyclic amines) is 1. The zero-order chi connectivity index (χ0) is 13.2. The van der Waals surface area contributed by atoms with E-state index < -0.39 is 9.84 Å². The lowest BCUT2D eigenvalue weighted by molar-refractivity contribution is 0.223. The van der Waals surface area contributed by atoms with Crippen LogP contribution in [0.2, 0.25) is 0 Å². The largest absolute Gasteiger partial charge is 0.374 e. The third-order valence-corrected chi connectivity index (χ3v) is 4.79. The van der Waals surface area contributed by atoms with Crippen molar-refractivity contribution >= 4 is 9.84 Å². The van der Waals surface area contributed by atoms with Crippen molar-refractivity contribution < 1.29 is 8.42 Å². The van der Waals surface area contributed by atoms with Gasteiger partial charge in [-0.1, -0.05) is 0 Å². The number of nitrogens with two attached hydrogens (primary N) is 1. The van der Waals surface area contributed by atoms with Crippen LogP contribution in [0.25, 0.3) is 0 Å². The summed E-state index contributed by atoms with van der Waals surface area (Å²) in [5.74, 6) is 0.642. The molecule has 0 aromatic rings. The lowest BCUT2D eigenvalue weighted by Crippen LogP contribution is -2.47. The number of piperidine rings is 1. The molecule has 0 aliphatic carbocycles. The molecule has 2 aliphatic heterocycles. The zero-order valence-corrected chi connectivity index (χ0v) is 11.7. The van der Waals surface area contributed by atoms with Crippen LogP contribution in [0.4, 0.5) is 0 Å². The first kappa shape index (κ1) is 13.8. The summed E-state index contributed by atoms with van der Waals surface area (Å²) in [5, 5.41) is 3.24. The Morgan fingerprint density at radius 2 is 2.11 bits per heavy atom. The lowest BCUT2D eigenvalue weighted by Gasteiger charge is -2.38. The molecule has 3 N–H and O–H groups in total. The van der Waals surface area contributed by atoms with Crippen molar-refractivity contribution in [2.24, 2.45) is 11.7 Å². The highest BCUT2D eigenvalue weighted by molar-refractivity contribution is 7.90. The smallest absolute Gasteiger partial charge is 0.147 e. The minimum atomic E-state index is -2.84. The Morgan fingerprint density at radius 1 is 1.44 bits per heavy atom. The molecule has 0 radical (unpaired) electrons. The van der Waals surface area contributed by atoms with E-state index in [1.54, 1.807) is 0 Å². The van der Waals surface area contributed by atoms with Crippen molar-refractivity contribution in [2.45, 2.75) is 18.9 Å². The van der Waals surface area contributed by atoms with E-state index in [0.29, 0.717) is 11.7 Å². The van der Waals surface area contributed by atoms with Crippen LogP contribution in [0.3, 0.4) is 0 Å². The number of nitrogens with zero attached hydrogens (tertiary/aromatic N) is 1. The van der Waals surface area contributed by atoms with Crippen LogP contribution in [0.1, 0.15) is 12.8 Å². The van der Waals surface area contributed by atoms with Crippen LogP contribution < -0.4 is 11.1 Å². The number of rotatable bonds is 3. The molecular weight excluding hydrogens is 250 g/mol. The van der Waals surface area contributed by atoms with Crippen LogP contribution in [0.15, 0.2) is 11.8 Å². The molecule has 0 aromatic heterocycles. The van der Waals surface area contributed by atoms with E-state index in [1.807, 2.05) is 0 Å². The molecule has 1 saturated heterocycles. The molecule has 2 heterocycles. The maximum Gasteiger partial charge on any atom is 0.147 e. The Labute approximate surface area is 109 Å². The Morgan fingerprint density at radius 3 is 2.67 bits per heavy atom. The molecule has 0 saturated carbocycles. The van der Waals surface area contributed by atoms with Crippen molar-refractivity contribution in [1.29, 1.82) is 0 Å². The third kappa shape index (κ3) is 3.70. The van der Waals surface area contributed by atoms with Gasteiger partial charge < -0.3 is 16.0 Å². The molecule has 2 aliphatic rings. The van der Waals surface area contributed by atoms with Gasteiger partial charge >= 0.3 is 0 Å². The van der Waals surface area contributed by atoms with Gasteiger partial charge in [0.25, 0.3) is 0 Å². The second-order valence-electron chi connectivity index (χ2n) is 5.42. The summed E-state index contributed by atoms with van der Waals surface area (Å²) in [6, 6.07) is 0.0743. The molecule has 0 spiro atoms. The first-order valence-corrected chi connectivity index (χ1v) is 8.61. The van der Waals surface area contributed by atoms with E-state index in [0.717, 1.165) is 39.0 Å². The summed E-state index contributed by atoms with van der Waals surface area (Å²) in [4.78, 5) is 2.32. The molecular formula is C12H23N3O2S. The Hall–Kier alpha value is -0.590. The average Bonchev–Trinajstić information content (AvgIpc) is 2.29. The minimum Gasteiger partial charge on any atom is -0.374 e. The van der Waals surface area contributed by atoms with E-state index in [1.165, 1.54) is 12.0 Å². The van der Waals surface area contributed by atoms with Gasteiger partial charge in [0.05, 0.1) is 11.8 Å². The van der Waals surface area contributed by atoms with Gasteiger partial charge in [-0.25, -0.2) is 8.42 Å². The summed E-state index contributed by atoms with van der Waals surface area (Å²) < 4.78 is 22.6. The van der Waals surface area contributed by atoms with E-state index in [2.05, 4.69) is 16.3 Å². The van der Waals surface area contributed by atoms with Crippen LogP contribution in [-0.4, -0.2) is 57.5 Å². The fourth-order valence-corrected chi connectivity index (χ4v) is 4.01. The molecule has 0 amide bonds.